The minimum absolute atomic E-state index is 0.0302. The predicted octanol–water partition coefficient (Wildman–Crippen LogP) is 2.08. The molecule has 5 nitrogen and oxygen atoms in total. The number of nitrogens with one attached hydrogen (secondary N) is 2. The molecule has 6 heteroatoms. The topological polar surface area (TPSA) is 61.4 Å². The number of carbonyl (C=O) groups excluding carboxylic acids is 2. The summed E-state index contributed by atoms with van der Waals surface area (Å²) in [5, 5.41) is 5.79. The standard InChI is InChI=1S/C16H23N3O2S/c1-12(2)18-15(20)14-5-3-4-13(10-14)11-17-16(21)19-6-8-22-9-7-19/h3-5,10,12H,6-9,11H2,1-2H3,(H,17,21)(H,18,20). The van der Waals surface area contributed by atoms with Gasteiger partial charge in [-0.05, 0) is 31.5 Å². The summed E-state index contributed by atoms with van der Waals surface area (Å²) in [7, 11) is 0. The van der Waals surface area contributed by atoms with Gasteiger partial charge in [-0.15, -0.1) is 0 Å². The van der Waals surface area contributed by atoms with E-state index >= 15 is 0 Å². The lowest BCUT2D eigenvalue weighted by Crippen LogP contribution is -2.44. The third-order valence-corrected chi connectivity index (χ3v) is 4.29. The first-order valence-electron chi connectivity index (χ1n) is 7.56. The average molecular weight is 321 g/mol. The highest BCUT2D eigenvalue weighted by Gasteiger charge is 2.16. The van der Waals surface area contributed by atoms with Crippen LogP contribution in [0.4, 0.5) is 4.79 Å². The van der Waals surface area contributed by atoms with Crippen LogP contribution in [0.2, 0.25) is 0 Å². The average Bonchev–Trinajstić information content (AvgIpc) is 2.53. The third-order valence-electron chi connectivity index (χ3n) is 3.35. The van der Waals surface area contributed by atoms with Crippen molar-refractivity contribution in [1.82, 2.24) is 15.5 Å². The molecule has 0 spiro atoms. The lowest BCUT2D eigenvalue weighted by molar-refractivity contribution is 0.0943. The number of urea groups is 1. The quantitative estimate of drug-likeness (QED) is 0.892. The van der Waals surface area contributed by atoms with Crippen molar-refractivity contribution in [2.45, 2.75) is 26.4 Å². The molecule has 22 heavy (non-hydrogen) atoms. The van der Waals surface area contributed by atoms with E-state index in [0.29, 0.717) is 12.1 Å². The molecule has 0 aromatic heterocycles. The van der Waals surface area contributed by atoms with Crippen LogP contribution in [0.1, 0.15) is 29.8 Å². The maximum atomic E-state index is 12.1. The minimum Gasteiger partial charge on any atom is -0.350 e. The van der Waals surface area contributed by atoms with Crippen molar-refractivity contribution in [2.75, 3.05) is 24.6 Å². The van der Waals surface area contributed by atoms with Crippen LogP contribution >= 0.6 is 11.8 Å². The Morgan fingerprint density at radius 3 is 2.68 bits per heavy atom. The van der Waals surface area contributed by atoms with Crippen LogP contribution in [-0.4, -0.2) is 47.5 Å². The minimum atomic E-state index is -0.0868. The van der Waals surface area contributed by atoms with Crippen molar-refractivity contribution < 1.29 is 9.59 Å². The summed E-state index contributed by atoms with van der Waals surface area (Å²) in [6.07, 6.45) is 0. The Hall–Kier alpha value is -1.69. The summed E-state index contributed by atoms with van der Waals surface area (Å²) >= 11 is 1.87. The van der Waals surface area contributed by atoms with Gasteiger partial charge < -0.3 is 15.5 Å². The van der Waals surface area contributed by atoms with Crippen LogP contribution in [-0.2, 0) is 6.54 Å². The summed E-state index contributed by atoms with van der Waals surface area (Å²) in [5.41, 5.74) is 1.55. The van der Waals surface area contributed by atoms with Gasteiger partial charge >= 0.3 is 6.03 Å². The van der Waals surface area contributed by atoms with Crippen molar-refractivity contribution in [1.29, 1.82) is 0 Å². The fourth-order valence-electron chi connectivity index (χ4n) is 2.22. The number of carbonyl (C=O) groups is 2. The zero-order valence-electron chi connectivity index (χ0n) is 13.1. The zero-order chi connectivity index (χ0) is 15.9. The molecule has 1 aromatic rings. The summed E-state index contributed by atoms with van der Waals surface area (Å²) in [6.45, 7) is 5.89. The van der Waals surface area contributed by atoms with Gasteiger partial charge in [0.1, 0.15) is 0 Å². The smallest absolute Gasteiger partial charge is 0.317 e. The van der Waals surface area contributed by atoms with E-state index in [1.54, 1.807) is 6.07 Å². The van der Waals surface area contributed by atoms with E-state index in [1.165, 1.54) is 0 Å². The molecule has 3 amide bonds. The molecule has 0 atom stereocenters. The molecule has 2 rings (SSSR count). The van der Waals surface area contributed by atoms with Gasteiger partial charge in [-0.1, -0.05) is 12.1 Å². The molecular weight excluding hydrogens is 298 g/mol. The van der Waals surface area contributed by atoms with Gasteiger partial charge in [0.25, 0.3) is 5.91 Å². The van der Waals surface area contributed by atoms with Crippen molar-refractivity contribution in [2.24, 2.45) is 0 Å². The fraction of sp³-hybridized carbons (Fsp3) is 0.500. The number of thioether (sulfide) groups is 1. The highest BCUT2D eigenvalue weighted by Crippen LogP contribution is 2.10. The number of hydrogen-bond acceptors (Lipinski definition) is 3. The van der Waals surface area contributed by atoms with E-state index in [-0.39, 0.29) is 18.0 Å². The largest absolute Gasteiger partial charge is 0.350 e. The van der Waals surface area contributed by atoms with Crippen molar-refractivity contribution in [3.63, 3.8) is 0 Å². The molecule has 0 aliphatic carbocycles. The van der Waals surface area contributed by atoms with E-state index in [4.69, 9.17) is 0 Å². The second-order valence-electron chi connectivity index (χ2n) is 5.59. The van der Waals surface area contributed by atoms with Gasteiger partial charge in [0.2, 0.25) is 0 Å². The first-order chi connectivity index (χ1) is 10.6. The zero-order valence-corrected chi connectivity index (χ0v) is 13.9. The number of rotatable bonds is 4. The summed E-state index contributed by atoms with van der Waals surface area (Å²) in [5.74, 6) is 1.91. The maximum Gasteiger partial charge on any atom is 0.317 e. The number of amides is 3. The Morgan fingerprint density at radius 2 is 2.00 bits per heavy atom. The summed E-state index contributed by atoms with van der Waals surface area (Å²) in [4.78, 5) is 25.9. The lowest BCUT2D eigenvalue weighted by atomic mass is 10.1. The Bertz CT molecular complexity index is 528. The van der Waals surface area contributed by atoms with Crippen LogP contribution in [0.5, 0.6) is 0 Å². The SMILES string of the molecule is CC(C)NC(=O)c1cccc(CNC(=O)N2CCSCC2)c1. The van der Waals surface area contributed by atoms with Gasteiger partial charge in [-0.3, -0.25) is 4.79 Å². The number of nitrogens with zero attached hydrogens (tertiary/aromatic N) is 1. The van der Waals surface area contributed by atoms with E-state index in [1.807, 2.05) is 48.7 Å². The highest BCUT2D eigenvalue weighted by molar-refractivity contribution is 7.99. The number of hydrogen-bond donors (Lipinski definition) is 2. The van der Waals surface area contributed by atoms with Crippen LogP contribution < -0.4 is 10.6 Å². The monoisotopic (exact) mass is 321 g/mol. The van der Waals surface area contributed by atoms with Gasteiger partial charge in [-0.25, -0.2) is 4.79 Å². The Kier molecular flexibility index (Phi) is 6.12. The fourth-order valence-corrected chi connectivity index (χ4v) is 3.13. The lowest BCUT2D eigenvalue weighted by Gasteiger charge is -2.26. The number of benzene rings is 1. The van der Waals surface area contributed by atoms with E-state index in [0.717, 1.165) is 30.2 Å². The highest BCUT2D eigenvalue weighted by atomic mass is 32.2. The van der Waals surface area contributed by atoms with Crippen molar-refractivity contribution in [3.8, 4) is 0 Å². The van der Waals surface area contributed by atoms with Crippen LogP contribution in [0.25, 0.3) is 0 Å². The van der Waals surface area contributed by atoms with Gasteiger partial charge in [0, 0.05) is 42.7 Å². The molecule has 1 fully saturated rings. The molecule has 0 saturated carbocycles. The molecule has 0 bridgehead atoms. The molecule has 0 unspecified atom stereocenters. The second-order valence-corrected chi connectivity index (χ2v) is 6.81. The normalized spacial score (nSPS) is 14.8. The van der Waals surface area contributed by atoms with Crippen LogP contribution in [0.15, 0.2) is 24.3 Å². The van der Waals surface area contributed by atoms with Gasteiger partial charge in [-0.2, -0.15) is 11.8 Å². The molecule has 0 radical (unpaired) electrons. The first-order valence-corrected chi connectivity index (χ1v) is 8.72. The maximum absolute atomic E-state index is 12.1. The third kappa shape index (κ3) is 4.94. The molecule has 120 valence electrons. The Labute approximate surface area is 135 Å². The molecule has 1 aliphatic rings. The summed E-state index contributed by atoms with van der Waals surface area (Å²) < 4.78 is 0. The van der Waals surface area contributed by atoms with E-state index < -0.39 is 0 Å². The summed E-state index contributed by atoms with van der Waals surface area (Å²) in [6, 6.07) is 7.44. The van der Waals surface area contributed by atoms with Crippen LogP contribution in [0.3, 0.4) is 0 Å². The van der Waals surface area contributed by atoms with Gasteiger partial charge in [0.15, 0.2) is 0 Å². The van der Waals surface area contributed by atoms with E-state index in [9.17, 15) is 9.59 Å². The molecule has 1 aromatic carbocycles. The van der Waals surface area contributed by atoms with Crippen molar-refractivity contribution >= 4 is 23.7 Å². The van der Waals surface area contributed by atoms with Crippen LogP contribution in [0, 0.1) is 0 Å². The van der Waals surface area contributed by atoms with Gasteiger partial charge in [0.05, 0.1) is 0 Å². The second kappa shape index (κ2) is 8.08. The Morgan fingerprint density at radius 1 is 1.27 bits per heavy atom. The molecule has 1 aliphatic heterocycles. The first kappa shape index (κ1) is 16.7. The van der Waals surface area contributed by atoms with Crippen molar-refractivity contribution in [3.05, 3.63) is 35.4 Å². The molecule has 1 saturated heterocycles. The molecule has 2 N–H and O–H groups in total. The molecule has 1 heterocycles. The Balaban J connectivity index is 1.90. The predicted molar refractivity (Wildman–Crippen MR) is 90.2 cm³/mol. The van der Waals surface area contributed by atoms with E-state index in [2.05, 4.69) is 10.6 Å². The molecular formula is C16H23N3O2S.